The Morgan fingerprint density at radius 3 is 1.70 bits per heavy atom. The maximum atomic E-state index is 6.64. The minimum Gasteiger partial charge on any atom is -0.455 e. The third kappa shape index (κ3) is 5.69. The number of furan rings is 1. The zero-order valence-electron chi connectivity index (χ0n) is 29.4. The molecule has 54 heavy (non-hydrogen) atoms. The minimum atomic E-state index is 0.846. The average Bonchev–Trinajstić information content (AvgIpc) is 3.63. The number of anilines is 3. The molecule has 0 amide bonds. The fourth-order valence-electron chi connectivity index (χ4n) is 7.68. The fraction of sp³-hybridized carbons (Fsp3) is 0. The molecule has 2 aromatic heterocycles. The molecule has 0 saturated carbocycles. The number of rotatable bonds is 7. The quantitative estimate of drug-likeness (QED) is 0.167. The number of fused-ring (bicyclic) bond motifs is 5. The van der Waals surface area contributed by atoms with Crippen LogP contribution in [0.3, 0.4) is 0 Å². The van der Waals surface area contributed by atoms with Crippen LogP contribution >= 0.6 is 0 Å². The Morgan fingerprint density at radius 2 is 0.963 bits per heavy atom. The molecule has 8 aromatic carbocycles. The molecule has 0 unspecified atom stereocenters. The number of hydrogen-bond acceptors (Lipinski definition) is 3. The molecular formula is C51H34N2O. The molecule has 0 N–H and O–H groups in total. The fourth-order valence-corrected chi connectivity index (χ4v) is 7.68. The van der Waals surface area contributed by atoms with Crippen LogP contribution in [0.4, 0.5) is 17.1 Å². The van der Waals surface area contributed by atoms with Gasteiger partial charge in [0.15, 0.2) is 0 Å². The van der Waals surface area contributed by atoms with Gasteiger partial charge in [-0.3, -0.25) is 4.98 Å². The molecule has 10 aromatic rings. The molecule has 0 aliphatic rings. The Bertz CT molecular complexity index is 2920. The molecule has 254 valence electrons. The molecule has 0 spiro atoms. The Balaban J connectivity index is 1.11. The van der Waals surface area contributed by atoms with Crippen LogP contribution in [0.5, 0.6) is 0 Å². The number of benzene rings is 8. The van der Waals surface area contributed by atoms with Gasteiger partial charge < -0.3 is 9.32 Å². The van der Waals surface area contributed by atoms with E-state index in [0.717, 1.165) is 60.9 Å². The molecule has 0 aliphatic heterocycles. The Morgan fingerprint density at radius 1 is 0.370 bits per heavy atom. The predicted octanol–water partition coefficient (Wildman–Crippen LogP) is 14.3. The van der Waals surface area contributed by atoms with E-state index < -0.39 is 0 Å². The first-order valence-corrected chi connectivity index (χ1v) is 18.3. The molecule has 0 radical (unpaired) electrons. The molecule has 0 fully saturated rings. The minimum absolute atomic E-state index is 0.846. The smallest absolute Gasteiger partial charge is 0.143 e. The van der Waals surface area contributed by atoms with Gasteiger partial charge in [-0.05, 0) is 99.1 Å². The van der Waals surface area contributed by atoms with Crippen molar-refractivity contribution >= 4 is 49.8 Å². The van der Waals surface area contributed by atoms with Gasteiger partial charge in [0.05, 0.1) is 0 Å². The summed E-state index contributed by atoms with van der Waals surface area (Å²) < 4.78 is 6.64. The second-order valence-electron chi connectivity index (χ2n) is 13.6. The van der Waals surface area contributed by atoms with Crippen LogP contribution in [0.25, 0.3) is 77.2 Å². The van der Waals surface area contributed by atoms with Gasteiger partial charge in [-0.2, -0.15) is 0 Å². The van der Waals surface area contributed by atoms with Crippen molar-refractivity contribution in [2.24, 2.45) is 0 Å². The number of hydrogen-bond donors (Lipinski definition) is 0. The first-order chi connectivity index (χ1) is 26.8. The number of aromatic nitrogens is 1. The van der Waals surface area contributed by atoms with Crippen molar-refractivity contribution in [2.75, 3.05) is 4.90 Å². The Labute approximate surface area is 314 Å². The molecule has 3 nitrogen and oxygen atoms in total. The van der Waals surface area contributed by atoms with Gasteiger partial charge >= 0.3 is 0 Å². The van der Waals surface area contributed by atoms with Crippen molar-refractivity contribution in [2.45, 2.75) is 0 Å². The van der Waals surface area contributed by atoms with Crippen molar-refractivity contribution in [3.63, 3.8) is 0 Å². The molecule has 0 aliphatic carbocycles. The highest BCUT2D eigenvalue weighted by Gasteiger charge is 2.18. The van der Waals surface area contributed by atoms with Crippen LogP contribution in [-0.4, -0.2) is 4.98 Å². The second kappa shape index (κ2) is 13.4. The first kappa shape index (κ1) is 31.5. The zero-order chi connectivity index (χ0) is 35.8. The summed E-state index contributed by atoms with van der Waals surface area (Å²) in [7, 11) is 0. The van der Waals surface area contributed by atoms with Crippen LogP contribution in [0.15, 0.2) is 211 Å². The topological polar surface area (TPSA) is 29.3 Å². The van der Waals surface area contributed by atoms with E-state index in [1.54, 1.807) is 0 Å². The molecule has 3 heteroatoms. The summed E-state index contributed by atoms with van der Waals surface area (Å²) in [5.41, 5.74) is 14.3. The summed E-state index contributed by atoms with van der Waals surface area (Å²) in [4.78, 5) is 6.64. The lowest BCUT2D eigenvalue weighted by Crippen LogP contribution is -2.10. The third-order valence-corrected chi connectivity index (χ3v) is 10.4. The van der Waals surface area contributed by atoms with E-state index in [4.69, 9.17) is 4.42 Å². The van der Waals surface area contributed by atoms with Crippen molar-refractivity contribution in [3.05, 3.63) is 207 Å². The monoisotopic (exact) mass is 690 g/mol. The summed E-state index contributed by atoms with van der Waals surface area (Å²) in [6.45, 7) is 0. The maximum absolute atomic E-state index is 6.64. The largest absolute Gasteiger partial charge is 0.455 e. The van der Waals surface area contributed by atoms with Crippen molar-refractivity contribution < 1.29 is 4.42 Å². The van der Waals surface area contributed by atoms with Gasteiger partial charge in [-0.15, -0.1) is 0 Å². The first-order valence-electron chi connectivity index (χ1n) is 18.3. The molecule has 0 atom stereocenters. The lowest BCUT2D eigenvalue weighted by Gasteiger charge is -2.26. The standard InChI is InChI=1S/C51H34N2O/c1-4-11-35(12-5-1)39-17-10-18-43(31-39)53(44-25-28-47-48-27-22-41-34-52-30-29-46(41)51(48)54-50(47)33-44)42-23-19-38(20-24-42)45-26-21-40(36-13-6-2-7-14-36)32-49(45)37-15-8-3-9-16-37/h1-34H. The summed E-state index contributed by atoms with van der Waals surface area (Å²) in [5.74, 6) is 0. The van der Waals surface area contributed by atoms with E-state index >= 15 is 0 Å². The highest BCUT2D eigenvalue weighted by Crippen LogP contribution is 2.42. The van der Waals surface area contributed by atoms with Gasteiger partial charge in [0.25, 0.3) is 0 Å². The maximum Gasteiger partial charge on any atom is 0.143 e. The van der Waals surface area contributed by atoms with Crippen molar-refractivity contribution in [3.8, 4) is 44.5 Å². The lowest BCUT2D eigenvalue weighted by molar-refractivity contribution is 0.672. The van der Waals surface area contributed by atoms with Gasteiger partial charge in [0, 0.05) is 57.1 Å². The van der Waals surface area contributed by atoms with Gasteiger partial charge in [-0.1, -0.05) is 133 Å². The highest BCUT2D eigenvalue weighted by atomic mass is 16.3. The van der Waals surface area contributed by atoms with Crippen molar-refractivity contribution in [1.29, 1.82) is 0 Å². The summed E-state index contributed by atoms with van der Waals surface area (Å²) >= 11 is 0. The van der Waals surface area contributed by atoms with E-state index in [2.05, 4.69) is 198 Å². The van der Waals surface area contributed by atoms with Crippen LogP contribution in [0.2, 0.25) is 0 Å². The number of nitrogens with zero attached hydrogens (tertiary/aromatic N) is 2. The van der Waals surface area contributed by atoms with E-state index in [9.17, 15) is 0 Å². The van der Waals surface area contributed by atoms with Gasteiger partial charge in [-0.25, -0.2) is 0 Å². The lowest BCUT2D eigenvalue weighted by atomic mass is 9.91. The van der Waals surface area contributed by atoms with E-state index in [-0.39, 0.29) is 0 Å². The van der Waals surface area contributed by atoms with Crippen LogP contribution in [0, 0.1) is 0 Å². The van der Waals surface area contributed by atoms with Gasteiger partial charge in [0.1, 0.15) is 11.2 Å². The summed E-state index contributed by atoms with van der Waals surface area (Å²) in [6, 6.07) is 69.2. The van der Waals surface area contributed by atoms with E-state index in [1.807, 2.05) is 18.5 Å². The SMILES string of the molecule is c1ccc(-c2cccc(N(c3ccc(-c4ccc(-c5ccccc5)cc4-c4ccccc4)cc3)c3ccc4c(c3)oc3c5ccncc5ccc43)c2)cc1. The molecule has 10 rings (SSSR count). The molecular weight excluding hydrogens is 657 g/mol. The highest BCUT2D eigenvalue weighted by molar-refractivity contribution is 6.15. The average molecular weight is 691 g/mol. The summed E-state index contributed by atoms with van der Waals surface area (Å²) in [5, 5.41) is 4.32. The summed E-state index contributed by atoms with van der Waals surface area (Å²) in [6.07, 6.45) is 3.71. The molecule has 0 saturated heterocycles. The Hall–Kier alpha value is -7.23. The van der Waals surface area contributed by atoms with Gasteiger partial charge in [0.2, 0.25) is 0 Å². The van der Waals surface area contributed by atoms with Crippen LogP contribution in [-0.2, 0) is 0 Å². The van der Waals surface area contributed by atoms with E-state index in [1.165, 1.54) is 33.4 Å². The van der Waals surface area contributed by atoms with E-state index in [0.29, 0.717) is 0 Å². The normalized spacial score (nSPS) is 11.3. The predicted molar refractivity (Wildman–Crippen MR) is 225 cm³/mol. The second-order valence-corrected chi connectivity index (χ2v) is 13.6. The zero-order valence-corrected chi connectivity index (χ0v) is 29.4. The Kier molecular flexibility index (Phi) is 7.81. The van der Waals surface area contributed by atoms with Crippen LogP contribution in [0.1, 0.15) is 0 Å². The van der Waals surface area contributed by atoms with Crippen molar-refractivity contribution in [1.82, 2.24) is 4.98 Å². The third-order valence-electron chi connectivity index (χ3n) is 10.4. The van der Waals surface area contributed by atoms with Crippen LogP contribution < -0.4 is 4.90 Å². The number of pyridine rings is 1. The molecule has 0 bridgehead atoms. The molecule has 2 heterocycles.